The van der Waals surface area contributed by atoms with Crippen molar-refractivity contribution in [1.82, 2.24) is 4.90 Å². The Hall–Kier alpha value is -2.67. The van der Waals surface area contributed by atoms with E-state index < -0.39 is 11.6 Å². The second-order valence-electron chi connectivity index (χ2n) is 5.43. The van der Waals surface area contributed by atoms with Gasteiger partial charge >= 0.3 is 11.6 Å². The SMILES string of the molecule is CC(=O)CN(CC(=O)O)Cc1c(O)ccc2c(C)cc(=O)oc12. The lowest BCUT2D eigenvalue weighted by molar-refractivity contribution is -0.138. The molecule has 0 aliphatic heterocycles. The lowest BCUT2D eigenvalue weighted by Crippen LogP contribution is -2.33. The van der Waals surface area contributed by atoms with Crippen molar-refractivity contribution in [3.8, 4) is 5.75 Å². The van der Waals surface area contributed by atoms with E-state index in [1.54, 1.807) is 13.0 Å². The van der Waals surface area contributed by atoms with Crippen LogP contribution in [0, 0.1) is 6.92 Å². The van der Waals surface area contributed by atoms with Crippen LogP contribution in [0.5, 0.6) is 5.75 Å². The van der Waals surface area contributed by atoms with Crippen molar-refractivity contribution in [2.24, 2.45) is 0 Å². The van der Waals surface area contributed by atoms with Gasteiger partial charge in [-0.2, -0.15) is 0 Å². The van der Waals surface area contributed by atoms with Gasteiger partial charge in [0.05, 0.1) is 18.7 Å². The Morgan fingerprint density at radius 3 is 2.57 bits per heavy atom. The highest BCUT2D eigenvalue weighted by Crippen LogP contribution is 2.29. The number of phenols is 1. The predicted molar refractivity (Wildman–Crippen MR) is 82.5 cm³/mol. The lowest BCUT2D eigenvalue weighted by atomic mass is 10.1. The van der Waals surface area contributed by atoms with E-state index in [-0.39, 0.29) is 42.3 Å². The summed E-state index contributed by atoms with van der Waals surface area (Å²) < 4.78 is 5.19. The normalized spacial score (nSPS) is 11.1. The number of benzene rings is 1. The van der Waals surface area contributed by atoms with Crippen molar-refractivity contribution in [3.05, 3.63) is 39.7 Å². The molecule has 2 aromatic rings. The Bertz CT molecular complexity index is 807. The molecule has 0 spiro atoms. The summed E-state index contributed by atoms with van der Waals surface area (Å²) in [5, 5.41) is 19.7. The highest BCUT2D eigenvalue weighted by atomic mass is 16.4. The van der Waals surface area contributed by atoms with Gasteiger partial charge in [-0.25, -0.2) is 4.79 Å². The van der Waals surface area contributed by atoms with E-state index in [0.29, 0.717) is 10.9 Å². The average molecular weight is 319 g/mol. The van der Waals surface area contributed by atoms with Crippen LogP contribution in [0.2, 0.25) is 0 Å². The number of carboxylic acid groups (broad SMARTS) is 1. The van der Waals surface area contributed by atoms with Gasteiger partial charge in [0.1, 0.15) is 17.1 Å². The smallest absolute Gasteiger partial charge is 0.336 e. The largest absolute Gasteiger partial charge is 0.507 e. The molecule has 7 nitrogen and oxygen atoms in total. The van der Waals surface area contributed by atoms with E-state index in [2.05, 4.69) is 0 Å². The number of phenolic OH excluding ortho intramolecular Hbond substituents is 1. The van der Waals surface area contributed by atoms with E-state index in [1.165, 1.54) is 24.0 Å². The monoisotopic (exact) mass is 319 g/mol. The summed E-state index contributed by atoms with van der Waals surface area (Å²) in [7, 11) is 0. The molecule has 0 atom stereocenters. The molecule has 2 rings (SSSR count). The van der Waals surface area contributed by atoms with Gasteiger partial charge in [-0.15, -0.1) is 0 Å². The van der Waals surface area contributed by atoms with E-state index in [4.69, 9.17) is 9.52 Å². The molecular formula is C16H17NO6. The number of Topliss-reactive ketones (excluding diaryl/α,β-unsaturated/α-hetero) is 1. The third-order valence-electron chi connectivity index (χ3n) is 3.38. The molecule has 2 N–H and O–H groups in total. The first-order chi connectivity index (χ1) is 10.8. The maximum Gasteiger partial charge on any atom is 0.336 e. The van der Waals surface area contributed by atoms with E-state index >= 15 is 0 Å². The van der Waals surface area contributed by atoms with Crippen molar-refractivity contribution in [2.45, 2.75) is 20.4 Å². The lowest BCUT2D eigenvalue weighted by Gasteiger charge is -2.20. The number of rotatable bonds is 6. The Labute approximate surface area is 131 Å². The molecule has 1 aromatic heterocycles. The number of carbonyl (C=O) groups excluding carboxylic acids is 1. The summed E-state index contributed by atoms with van der Waals surface area (Å²) in [6, 6.07) is 4.42. The van der Waals surface area contributed by atoms with Gasteiger partial charge < -0.3 is 14.6 Å². The van der Waals surface area contributed by atoms with Crippen LogP contribution in [0.15, 0.2) is 27.4 Å². The standard InChI is InChI=1S/C16H17NO6/c1-9-5-15(22)23-16-11(9)3-4-13(19)12(16)7-17(6-10(2)18)8-14(20)21/h3-5,19H,6-8H2,1-2H3,(H,20,21). The van der Waals surface area contributed by atoms with Gasteiger partial charge in [0.25, 0.3) is 0 Å². The number of carboxylic acids is 1. The maximum absolute atomic E-state index is 11.6. The average Bonchev–Trinajstić information content (AvgIpc) is 2.40. The first-order valence-corrected chi connectivity index (χ1v) is 6.97. The molecule has 0 fully saturated rings. The van der Waals surface area contributed by atoms with Gasteiger partial charge in [0.2, 0.25) is 0 Å². The Kier molecular flexibility index (Phi) is 4.80. The first-order valence-electron chi connectivity index (χ1n) is 6.97. The van der Waals surface area contributed by atoms with Crippen LogP contribution < -0.4 is 5.63 Å². The van der Waals surface area contributed by atoms with Crippen LogP contribution in [-0.4, -0.2) is 40.0 Å². The maximum atomic E-state index is 11.6. The minimum Gasteiger partial charge on any atom is -0.507 e. The number of aromatic hydroxyl groups is 1. The van der Waals surface area contributed by atoms with Crippen molar-refractivity contribution in [3.63, 3.8) is 0 Å². The fraction of sp³-hybridized carbons (Fsp3) is 0.312. The van der Waals surface area contributed by atoms with Crippen LogP contribution in [0.25, 0.3) is 11.0 Å². The highest BCUT2D eigenvalue weighted by Gasteiger charge is 2.18. The summed E-state index contributed by atoms with van der Waals surface area (Å²) in [5.41, 5.74) is 0.617. The summed E-state index contributed by atoms with van der Waals surface area (Å²) >= 11 is 0. The number of ketones is 1. The van der Waals surface area contributed by atoms with Gasteiger partial charge in [0.15, 0.2) is 0 Å². The van der Waals surface area contributed by atoms with Gasteiger partial charge in [-0.1, -0.05) is 0 Å². The molecule has 0 radical (unpaired) electrons. The number of hydrogen-bond donors (Lipinski definition) is 2. The van der Waals surface area contributed by atoms with Gasteiger partial charge in [0, 0.05) is 18.0 Å². The molecule has 0 unspecified atom stereocenters. The molecule has 0 saturated heterocycles. The van der Waals surface area contributed by atoms with E-state index in [9.17, 15) is 19.5 Å². The zero-order valence-electron chi connectivity index (χ0n) is 12.8. The summed E-state index contributed by atoms with van der Waals surface area (Å²) in [6.45, 7) is 2.61. The minimum absolute atomic E-state index is 0.0263. The zero-order chi connectivity index (χ0) is 17.1. The van der Waals surface area contributed by atoms with Crippen LogP contribution in [0.4, 0.5) is 0 Å². The Morgan fingerprint density at radius 2 is 1.96 bits per heavy atom. The topological polar surface area (TPSA) is 108 Å². The van der Waals surface area contributed by atoms with Crippen LogP contribution in [-0.2, 0) is 16.1 Å². The third kappa shape index (κ3) is 3.95. The van der Waals surface area contributed by atoms with Crippen LogP contribution in [0.3, 0.4) is 0 Å². The van der Waals surface area contributed by atoms with Crippen LogP contribution >= 0.6 is 0 Å². The van der Waals surface area contributed by atoms with Crippen molar-refractivity contribution < 1.29 is 24.2 Å². The summed E-state index contributed by atoms with van der Waals surface area (Å²) in [5.74, 6) is -1.42. The van der Waals surface area contributed by atoms with Crippen molar-refractivity contribution in [2.75, 3.05) is 13.1 Å². The molecule has 1 aromatic carbocycles. The van der Waals surface area contributed by atoms with Crippen LogP contribution in [0.1, 0.15) is 18.1 Å². The second-order valence-corrected chi connectivity index (χ2v) is 5.43. The number of aliphatic carboxylic acids is 1. The predicted octanol–water partition coefficient (Wildman–Crippen LogP) is 1.28. The molecular weight excluding hydrogens is 302 g/mol. The number of aryl methyl sites for hydroxylation is 1. The molecule has 0 amide bonds. The molecule has 0 aliphatic rings. The van der Waals surface area contributed by atoms with Crippen molar-refractivity contribution >= 4 is 22.7 Å². The van der Waals surface area contributed by atoms with E-state index in [0.717, 1.165) is 0 Å². The highest BCUT2D eigenvalue weighted by molar-refractivity contribution is 5.85. The number of carbonyl (C=O) groups is 2. The molecule has 0 saturated carbocycles. The quantitative estimate of drug-likeness (QED) is 0.772. The fourth-order valence-electron chi connectivity index (χ4n) is 2.48. The second kappa shape index (κ2) is 6.62. The Balaban J connectivity index is 2.52. The molecule has 0 aliphatic carbocycles. The van der Waals surface area contributed by atoms with E-state index in [1.807, 2.05) is 0 Å². The molecule has 1 heterocycles. The summed E-state index contributed by atoms with van der Waals surface area (Å²) in [6.07, 6.45) is 0. The summed E-state index contributed by atoms with van der Waals surface area (Å²) in [4.78, 5) is 35.2. The molecule has 0 bridgehead atoms. The molecule has 122 valence electrons. The first kappa shape index (κ1) is 16.7. The Morgan fingerprint density at radius 1 is 1.26 bits per heavy atom. The van der Waals surface area contributed by atoms with Gasteiger partial charge in [-0.05, 0) is 31.5 Å². The minimum atomic E-state index is -1.09. The number of fused-ring (bicyclic) bond motifs is 1. The fourth-order valence-corrected chi connectivity index (χ4v) is 2.48. The number of hydrogen-bond acceptors (Lipinski definition) is 6. The third-order valence-corrected chi connectivity index (χ3v) is 3.38. The molecule has 7 heteroatoms. The molecule has 23 heavy (non-hydrogen) atoms. The van der Waals surface area contributed by atoms with Gasteiger partial charge in [-0.3, -0.25) is 14.5 Å². The van der Waals surface area contributed by atoms with Crippen molar-refractivity contribution in [1.29, 1.82) is 0 Å². The number of nitrogens with zero attached hydrogens (tertiary/aromatic N) is 1. The zero-order valence-corrected chi connectivity index (χ0v) is 12.8.